The van der Waals surface area contributed by atoms with Crippen LogP contribution in [0.25, 0.3) is 0 Å². The number of nitrogens with two attached hydrogens (primary N) is 2. The van der Waals surface area contributed by atoms with Gasteiger partial charge in [0.2, 0.25) is 10.0 Å². The number of sulfonamides is 1. The Balaban J connectivity index is 2.57. The molecule has 0 fully saturated rings. The van der Waals surface area contributed by atoms with Crippen molar-refractivity contribution in [2.45, 2.75) is 24.2 Å². The molecule has 0 aliphatic carbocycles. The zero-order valence-electron chi connectivity index (χ0n) is 10.7. The van der Waals surface area contributed by atoms with Crippen molar-refractivity contribution in [1.29, 1.82) is 0 Å². The Morgan fingerprint density at radius 3 is 2.22 bits per heavy atom. The summed E-state index contributed by atoms with van der Waals surface area (Å²) in [5.41, 5.74) is 6.41. The van der Waals surface area contributed by atoms with Crippen LogP contribution in [0.15, 0.2) is 29.2 Å². The Morgan fingerprint density at radius 2 is 1.72 bits per heavy atom. The van der Waals surface area contributed by atoms with E-state index in [1.54, 1.807) is 12.1 Å². The molecule has 0 aliphatic rings. The van der Waals surface area contributed by atoms with Crippen molar-refractivity contribution < 1.29 is 8.42 Å². The molecule has 102 valence electrons. The standard InChI is InChI=1S/C12H21N3O2S/c1-15(10-4-2-3-9-13)11-5-7-12(8-6-11)18(14,16)17/h5-8H,2-4,9-10,13H2,1H3,(H2,14,16,17). The van der Waals surface area contributed by atoms with Crippen molar-refractivity contribution in [2.75, 3.05) is 25.0 Å². The summed E-state index contributed by atoms with van der Waals surface area (Å²) in [7, 11) is -1.62. The number of primary sulfonamides is 1. The number of hydrogen-bond acceptors (Lipinski definition) is 4. The molecule has 0 saturated carbocycles. The van der Waals surface area contributed by atoms with E-state index in [4.69, 9.17) is 10.9 Å². The molecule has 0 amide bonds. The van der Waals surface area contributed by atoms with E-state index in [-0.39, 0.29) is 4.90 Å². The largest absolute Gasteiger partial charge is 0.375 e. The maximum absolute atomic E-state index is 11.1. The van der Waals surface area contributed by atoms with Gasteiger partial charge in [-0.15, -0.1) is 0 Å². The smallest absolute Gasteiger partial charge is 0.238 e. The van der Waals surface area contributed by atoms with Gasteiger partial charge in [-0.1, -0.05) is 6.42 Å². The summed E-state index contributed by atoms with van der Waals surface area (Å²) in [5.74, 6) is 0. The molecular formula is C12H21N3O2S. The van der Waals surface area contributed by atoms with Crippen LogP contribution in [0.5, 0.6) is 0 Å². The van der Waals surface area contributed by atoms with E-state index in [2.05, 4.69) is 4.90 Å². The van der Waals surface area contributed by atoms with Crippen LogP contribution >= 0.6 is 0 Å². The molecule has 0 saturated heterocycles. The highest BCUT2D eigenvalue weighted by atomic mass is 32.2. The van der Waals surface area contributed by atoms with Crippen LogP contribution in [-0.4, -0.2) is 28.6 Å². The monoisotopic (exact) mass is 271 g/mol. The Kier molecular flexibility index (Phi) is 5.58. The first kappa shape index (κ1) is 14.9. The second kappa shape index (κ2) is 6.72. The van der Waals surface area contributed by atoms with Gasteiger partial charge in [-0.3, -0.25) is 0 Å². The second-order valence-electron chi connectivity index (χ2n) is 4.31. The molecule has 0 heterocycles. The summed E-state index contributed by atoms with van der Waals surface area (Å²) in [5, 5.41) is 5.04. The molecule has 0 atom stereocenters. The fraction of sp³-hybridized carbons (Fsp3) is 0.500. The first-order valence-electron chi connectivity index (χ1n) is 5.99. The second-order valence-corrected chi connectivity index (χ2v) is 5.87. The van der Waals surface area contributed by atoms with Gasteiger partial charge in [0.15, 0.2) is 0 Å². The fourth-order valence-corrected chi connectivity index (χ4v) is 2.20. The summed E-state index contributed by atoms with van der Waals surface area (Å²) in [4.78, 5) is 2.23. The first-order valence-corrected chi connectivity index (χ1v) is 7.54. The maximum Gasteiger partial charge on any atom is 0.238 e. The van der Waals surface area contributed by atoms with Crippen LogP contribution in [-0.2, 0) is 10.0 Å². The molecule has 1 rings (SSSR count). The summed E-state index contributed by atoms with van der Waals surface area (Å²) in [6, 6.07) is 6.59. The average molecular weight is 271 g/mol. The van der Waals surface area contributed by atoms with E-state index in [0.717, 1.165) is 38.0 Å². The van der Waals surface area contributed by atoms with E-state index in [9.17, 15) is 8.42 Å². The summed E-state index contributed by atoms with van der Waals surface area (Å²) >= 11 is 0. The SMILES string of the molecule is CN(CCCCCN)c1ccc(S(N)(=O)=O)cc1. The Labute approximate surface area is 109 Å². The highest BCUT2D eigenvalue weighted by molar-refractivity contribution is 7.89. The molecule has 18 heavy (non-hydrogen) atoms. The molecule has 5 nitrogen and oxygen atoms in total. The zero-order valence-corrected chi connectivity index (χ0v) is 11.5. The lowest BCUT2D eigenvalue weighted by Crippen LogP contribution is -2.19. The molecule has 0 aromatic heterocycles. The van der Waals surface area contributed by atoms with Gasteiger partial charge in [-0.05, 0) is 43.7 Å². The third-order valence-corrected chi connectivity index (χ3v) is 3.73. The van der Waals surface area contributed by atoms with Crippen LogP contribution in [0.3, 0.4) is 0 Å². The number of hydrogen-bond donors (Lipinski definition) is 2. The molecule has 0 bridgehead atoms. The summed E-state index contributed by atoms with van der Waals surface area (Å²) in [6.07, 6.45) is 3.22. The Morgan fingerprint density at radius 1 is 1.11 bits per heavy atom. The Bertz CT molecular complexity index is 457. The molecule has 1 aromatic carbocycles. The van der Waals surface area contributed by atoms with Crippen LogP contribution in [0.2, 0.25) is 0 Å². The number of unbranched alkanes of at least 4 members (excludes halogenated alkanes) is 2. The molecule has 0 unspecified atom stereocenters. The first-order chi connectivity index (χ1) is 8.45. The van der Waals surface area contributed by atoms with Crippen LogP contribution in [0, 0.1) is 0 Å². The molecular weight excluding hydrogens is 250 g/mol. The van der Waals surface area contributed by atoms with Gasteiger partial charge in [0.25, 0.3) is 0 Å². The van der Waals surface area contributed by atoms with Gasteiger partial charge in [0.1, 0.15) is 0 Å². The lowest BCUT2D eigenvalue weighted by atomic mass is 10.2. The fourth-order valence-electron chi connectivity index (χ4n) is 1.69. The quantitative estimate of drug-likeness (QED) is 0.721. The highest BCUT2D eigenvalue weighted by Crippen LogP contribution is 2.16. The number of benzene rings is 1. The van der Waals surface area contributed by atoms with Gasteiger partial charge in [-0.2, -0.15) is 0 Å². The third-order valence-electron chi connectivity index (χ3n) is 2.80. The number of nitrogens with zero attached hydrogens (tertiary/aromatic N) is 1. The van der Waals surface area contributed by atoms with Gasteiger partial charge < -0.3 is 10.6 Å². The zero-order chi connectivity index (χ0) is 13.6. The van der Waals surface area contributed by atoms with E-state index < -0.39 is 10.0 Å². The molecule has 4 N–H and O–H groups in total. The van der Waals surface area contributed by atoms with Crippen molar-refractivity contribution in [2.24, 2.45) is 10.9 Å². The van der Waals surface area contributed by atoms with E-state index in [1.807, 2.05) is 7.05 Å². The molecule has 0 spiro atoms. The lowest BCUT2D eigenvalue weighted by Gasteiger charge is -2.19. The van der Waals surface area contributed by atoms with Crippen molar-refractivity contribution in [3.8, 4) is 0 Å². The summed E-state index contributed by atoms with van der Waals surface area (Å²) < 4.78 is 22.2. The van der Waals surface area contributed by atoms with Crippen molar-refractivity contribution in [3.63, 3.8) is 0 Å². The average Bonchev–Trinajstić information content (AvgIpc) is 2.33. The minimum atomic E-state index is -3.60. The predicted molar refractivity (Wildman–Crippen MR) is 74.0 cm³/mol. The van der Waals surface area contributed by atoms with Gasteiger partial charge in [-0.25, -0.2) is 13.6 Å². The van der Waals surface area contributed by atoms with Crippen LogP contribution in [0.4, 0.5) is 5.69 Å². The molecule has 0 aliphatic heterocycles. The van der Waals surface area contributed by atoms with Gasteiger partial charge >= 0.3 is 0 Å². The van der Waals surface area contributed by atoms with Crippen molar-refractivity contribution in [1.82, 2.24) is 0 Å². The minimum Gasteiger partial charge on any atom is -0.375 e. The predicted octanol–water partition coefficient (Wildman–Crippen LogP) is 0.899. The molecule has 0 radical (unpaired) electrons. The van der Waals surface area contributed by atoms with E-state index in [1.165, 1.54) is 12.1 Å². The normalized spacial score (nSPS) is 11.5. The third kappa shape index (κ3) is 4.64. The summed E-state index contributed by atoms with van der Waals surface area (Å²) in [6.45, 7) is 1.65. The van der Waals surface area contributed by atoms with Gasteiger partial charge in [0.05, 0.1) is 4.90 Å². The highest BCUT2D eigenvalue weighted by Gasteiger charge is 2.07. The van der Waals surface area contributed by atoms with Gasteiger partial charge in [0, 0.05) is 19.3 Å². The van der Waals surface area contributed by atoms with E-state index in [0.29, 0.717) is 0 Å². The van der Waals surface area contributed by atoms with E-state index >= 15 is 0 Å². The maximum atomic E-state index is 11.1. The van der Waals surface area contributed by atoms with Crippen molar-refractivity contribution >= 4 is 15.7 Å². The topological polar surface area (TPSA) is 89.4 Å². The van der Waals surface area contributed by atoms with Crippen LogP contribution < -0.4 is 15.8 Å². The lowest BCUT2D eigenvalue weighted by molar-refractivity contribution is 0.598. The van der Waals surface area contributed by atoms with Crippen LogP contribution in [0.1, 0.15) is 19.3 Å². The van der Waals surface area contributed by atoms with Crippen molar-refractivity contribution in [3.05, 3.63) is 24.3 Å². The number of rotatable bonds is 7. The minimum absolute atomic E-state index is 0.141. The molecule has 1 aromatic rings. The Hall–Kier alpha value is -1.11. The molecule has 6 heteroatoms. The number of anilines is 1.